The topological polar surface area (TPSA) is 77.8 Å². The molecule has 2 rings (SSSR count). The molecule has 20 heavy (non-hydrogen) atoms. The predicted octanol–water partition coefficient (Wildman–Crippen LogP) is 1.35. The first-order valence-electron chi connectivity index (χ1n) is 7.69. The second-order valence-electron chi connectivity index (χ2n) is 6.25. The minimum absolute atomic E-state index is 0.0183. The molecule has 5 heteroatoms. The molecule has 0 bridgehead atoms. The number of carboxylic acid groups (broad SMARTS) is 1. The molecule has 2 fully saturated rings. The van der Waals surface area contributed by atoms with Gasteiger partial charge in [-0.15, -0.1) is 0 Å². The van der Waals surface area contributed by atoms with Crippen molar-refractivity contribution in [1.82, 2.24) is 4.90 Å². The lowest BCUT2D eigenvalue weighted by molar-refractivity contribution is -0.149. The number of nitrogens with zero attached hydrogens (tertiary/aromatic N) is 1. The van der Waals surface area contributed by atoms with Crippen LogP contribution in [0.4, 0.5) is 0 Å². The smallest absolute Gasteiger partial charge is 0.307 e. The highest BCUT2D eigenvalue weighted by Crippen LogP contribution is 2.39. The molecule has 1 heterocycles. The van der Waals surface area contributed by atoms with Gasteiger partial charge in [0.25, 0.3) is 0 Å². The van der Waals surface area contributed by atoms with Gasteiger partial charge in [0.1, 0.15) is 0 Å². The lowest BCUT2D eigenvalue weighted by Crippen LogP contribution is -2.44. The first-order valence-corrected chi connectivity index (χ1v) is 7.69. The van der Waals surface area contributed by atoms with Gasteiger partial charge in [0.15, 0.2) is 0 Å². The van der Waals surface area contributed by atoms with Gasteiger partial charge >= 0.3 is 5.97 Å². The molecule has 3 unspecified atom stereocenters. The highest BCUT2D eigenvalue weighted by Gasteiger charge is 2.43. The highest BCUT2D eigenvalue weighted by atomic mass is 16.4. The van der Waals surface area contributed by atoms with Gasteiger partial charge in [-0.3, -0.25) is 9.59 Å². The molecule has 0 aromatic heterocycles. The number of hydrogen-bond donors (Lipinski definition) is 2. The average Bonchev–Trinajstić information content (AvgIpc) is 2.91. The predicted molar refractivity (Wildman–Crippen MR) is 74.0 cm³/mol. The molecule has 1 saturated carbocycles. The molecule has 1 aliphatic carbocycles. The number of amides is 1. The average molecular weight is 283 g/mol. The molecule has 0 radical (unpaired) electrons. The van der Waals surface area contributed by atoms with E-state index in [1.807, 2.05) is 4.90 Å². The zero-order valence-corrected chi connectivity index (χ0v) is 12.1. The third-order valence-electron chi connectivity index (χ3n) is 5.06. The van der Waals surface area contributed by atoms with Gasteiger partial charge in [-0.25, -0.2) is 0 Å². The van der Waals surface area contributed by atoms with Crippen LogP contribution in [0.5, 0.6) is 0 Å². The fourth-order valence-electron chi connectivity index (χ4n) is 3.59. The van der Waals surface area contributed by atoms with Crippen LogP contribution < -0.4 is 0 Å². The van der Waals surface area contributed by atoms with E-state index in [1.54, 1.807) is 0 Å². The van der Waals surface area contributed by atoms with Crippen molar-refractivity contribution >= 4 is 11.9 Å². The van der Waals surface area contributed by atoms with Crippen molar-refractivity contribution in [2.75, 3.05) is 19.7 Å². The number of carbonyl (C=O) groups excluding carboxylic acids is 1. The minimum Gasteiger partial charge on any atom is -0.481 e. The normalized spacial score (nSPS) is 31.5. The number of aliphatic carboxylic acids is 1. The maximum absolute atomic E-state index is 12.6. The fourth-order valence-corrected chi connectivity index (χ4v) is 3.59. The van der Waals surface area contributed by atoms with Crippen LogP contribution in [0.1, 0.15) is 39.0 Å². The van der Waals surface area contributed by atoms with Gasteiger partial charge in [0.05, 0.1) is 11.8 Å². The number of aliphatic hydroxyl groups excluding tert-OH is 1. The molecule has 5 nitrogen and oxygen atoms in total. The summed E-state index contributed by atoms with van der Waals surface area (Å²) >= 11 is 0. The van der Waals surface area contributed by atoms with E-state index in [1.165, 1.54) is 0 Å². The number of rotatable bonds is 4. The Labute approximate surface area is 120 Å². The molecule has 2 aliphatic rings. The summed E-state index contributed by atoms with van der Waals surface area (Å²) in [7, 11) is 0. The lowest BCUT2D eigenvalue weighted by Gasteiger charge is -2.33. The first kappa shape index (κ1) is 15.3. The molecular weight excluding hydrogens is 258 g/mol. The Balaban J connectivity index is 1.99. The molecule has 0 spiro atoms. The van der Waals surface area contributed by atoms with Crippen LogP contribution in [0.25, 0.3) is 0 Å². The summed E-state index contributed by atoms with van der Waals surface area (Å²) in [5, 5.41) is 18.4. The molecule has 1 aliphatic heterocycles. The SMILES string of the molecule is CCC1CC(C(=O)O)C(C(=O)N2CCC(CO)CC2)C1. The Morgan fingerprint density at radius 3 is 2.20 bits per heavy atom. The minimum atomic E-state index is -0.829. The summed E-state index contributed by atoms with van der Waals surface area (Å²) in [6.45, 7) is 3.55. The van der Waals surface area contributed by atoms with E-state index in [9.17, 15) is 14.7 Å². The Morgan fingerprint density at radius 1 is 1.10 bits per heavy atom. The molecule has 0 aromatic rings. The number of piperidine rings is 1. The number of carboxylic acids is 1. The van der Waals surface area contributed by atoms with Crippen LogP contribution in [0, 0.1) is 23.7 Å². The summed E-state index contributed by atoms with van der Waals surface area (Å²) in [4.78, 5) is 25.7. The van der Waals surface area contributed by atoms with Crippen LogP contribution in [0.3, 0.4) is 0 Å². The number of hydrogen-bond acceptors (Lipinski definition) is 3. The molecule has 114 valence electrons. The molecule has 0 aromatic carbocycles. The molecule has 1 amide bonds. The monoisotopic (exact) mass is 283 g/mol. The van der Waals surface area contributed by atoms with Gasteiger partial charge < -0.3 is 15.1 Å². The van der Waals surface area contributed by atoms with Crippen molar-refractivity contribution in [3.05, 3.63) is 0 Å². The zero-order chi connectivity index (χ0) is 14.7. The van der Waals surface area contributed by atoms with E-state index in [4.69, 9.17) is 5.11 Å². The number of aliphatic hydroxyl groups is 1. The quantitative estimate of drug-likeness (QED) is 0.816. The van der Waals surface area contributed by atoms with E-state index in [-0.39, 0.29) is 18.4 Å². The summed E-state index contributed by atoms with van der Waals surface area (Å²) in [6, 6.07) is 0. The molecular formula is C15H25NO4. The van der Waals surface area contributed by atoms with E-state index < -0.39 is 11.9 Å². The van der Waals surface area contributed by atoms with Gasteiger partial charge in [0.2, 0.25) is 5.91 Å². The first-order chi connectivity index (χ1) is 9.56. The Bertz CT molecular complexity index is 363. The van der Waals surface area contributed by atoms with E-state index in [0.717, 1.165) is 19.3 Å². The summed E-state index contributed by atoms with van der Waals surface area (Å²) < 4.78 is 0. The standard InChI is InChI=1S/C15H25NO4/c1-2-10-7-12(13(8-10)15(19)20)14(18)16-5-3-11(9-17)4-6-16/h10-13,17H,2-9H2,1H3,(H,19,20). The highest BCUT2D eigenvalue weighted by molar-refractivity contribution is 5.85. The van der Waals surface area contributed by atoms with Gasteiger partial charge in [0, 0.05) is 19.7 Å². The van der Waals surface area contributed by atoms with E-state index in [2.05, 4.69) is 6.92 Å². The molecule has 3 atom stereocenters. The summed E-state index contributed by atoms with van der Waals surface area (Å²) in [5.41, 5.74) is 0. The molecule has 2 N–H and O–H groups in total. The maximum atomic E-state index is 12.6. The molecule has 1 saturated heterocycles. The summed E-state index contributed by atoms with van der Waals surface area (Å²) in [6.07, 6.45) is 3.94. The number of carbonyl (C=O) groups is 2. The van der Waals surface area contributed by atoms with Crippen molar-refractivity contribution in [2.24, 2.45) is 23.7 Å². The number of likely N-dealkylation sites (tertiary alicyclic amines) is 1. The van der Waals surface area contributed by atoms with Gasteiger partial charge in [-0.1, -0.05) is 13.3 Å². The second-order valence-corrected chi connectivity index (χ2v) is 6.25. The third-order valence-corrected chi connectivity index (χ3v) is 5.06. The van der Waals surface area contributed by atoms with Crippen molar-refractivity contribution in [3.8, 4) is 0 Å². The van der Waals surface area contributed by atoms with Crippen LogP contribution >= 0.6 is 0 Å². The Hall–Kier alpha value is -1.10. The van der Waals surface area contributed by atoms with Crippen LogP contribution in [-0.4, -0.2) is 46.7 Å². The zero-order valence-electron chi connectivity index (χ0n) is 12.1. The third kappa shape index (κ3) is 3.14. The van der Waals surface area contributed by atoms with Crippen molar-refractivity contribution in [3.63, 3.8) is 0 Å². The van der Waals surface area contributed by atoms with Crippen molar-refractivity contribution < 1.29 is 19.8 Å². The fraction of sp³-hybridized carbons (Fsp3) is 0.867. The summed E-state index contributed by atoms with van der Waals surface area (Å²) in [5.74, 6) is -1.01. The van der Waals surface area contributed by atoms with Gasteiger partial charge in [-0.05, 0) is 37.5 Å². The van der Waals surface area contributed by atoms with Gasteiger partial charge in [-0.2, -0.15) is 0 Å². The van der Waals surface area contributed by atoms with E-state index >= 15 is 0 Å². The van der Waals surface area contributed by atoms with Crippen LogP contribution in [0.2, 0.25) is 0 Å². The largest absolute Gasteiger partial charge is 0.481 e. The second kappa shape index (κ2) is 6.57. The van der Waals surface area contributed by atoms with Crippen molar-refractivity contribution in [2.45, 2.75) is 39.0 Å². The van der Waals surface area contributed by atoms with E-state index in [0.29, 0.717) is 37.8 Å². The Kier molecular flexibility index (Phi) is 5.02. The van der Waals surface area contributed by atoms with Crippen molar-refractivity contribution in [1.29, 1.82) is 0 Å². The lowest BCUT2D eigenvalue weighted by atomic mass is 9.92. The van der Waals surface area contributed by atoms with Crippen LogP contribution in [-0.2, 0) is 9.59 Å². The maximum Gasteiger partial charge on any atom is 0.307 e. The Morgan fingerprint density at radius 2 is 1.70 bits per heavy atom. The van der Waals surface area contributed by atoms with Crippen LogP contribution in [0.15, 0.2) is 0 Å².